The van der Waals surface area contributed by atoms with E-state index in [4.69, 9.17) is 0 Å². The number of carbonyl (C=O) groups is 1. The zero-order valence-corrected chi connectivity index (χ0v) is 16.8. The molecule has 0 aliphatic heterocycles. The van der Waals surface area contributed by atoms with Gasteiger partial charge in [-0.15, -0.1) is 0 Å². The summed E-state index contributed by atoms with van der Waals surface area (Å²) < 4.78 is 3.43. The molecule has 4 aromatic rings. The number of hydrogen-bond donors (Lipinski definition) is 1. The van der Waals surface area contributed by atoms with Gasteiger partial charge >= 0.3 is 0 Å². The molecule has 0 spiro atoms. The van der Waals surface area contributed by atoms with Crippen molar-refractivity contribution in [2.75, 3.05) is 6.54 Å². The van der Waals surface area contributed by atoms with Crippen molar-refractivity contribution in [1.29, 1.82) is 0 Å². The number of nitrogens with one attached hydrogen (secondary N) is 1. The number of rotatable bonds is 7. The fourth-order valence-electron chi connectivity index (χ4n) is 3.45. The zero-order chi connectivity index (χ0) is 20.9. The maximum absolute atomic E-state index is 12.3. The number of imidazole rings is 1. The molecule has 0 aliphatic rings. The van der Waals surface area contributed by atoms with E-state index in [-0.39, 0.29) is 11.5 Å². The first-order chi connectivity index (χ1) is 14.6. The van der Waals surface area contributed by atoms with E-state index in [1.807, 2.05) is 66.1 Å². The van der Waals surface area contributed by atoms with Crippen molar-refractivity contribution in [2.45, 2.75) is 26.4 Å². The van der Waals surface area contributed by atoms with Crippen molar-refractivity contribution < 1.29 is 4.79 Å². The lowest BCUT2D eigenvalue weighted by Crippen LogP contribution is -2.32. The van der Waals surface area contributed by atoms with Crippen LogP contribution in [-0.2, 0) is 17.9 Å². The van der Waals surface area contributed by atoms with Crippen LogP contribution < -0.4 is 10.9 Å². The van der Waals surface area contributed by atoms with E-state index in [0.717, 1.165) is 28.1 Å². The predicted octanol–water partition coefficient (Wildman–Crippen LogP) is 2.77. The highest BCUT2D eigenvalue weighted by atomic mass is 16.1. The molecule has 0 saturated heterocycles. The Morgan fingerprint density at radius 1 is 0.967 bits per heavy atom. The summed E-state index contributed by atoms with van der Waals surface area (Å²) in [6.45, 7) is 3.15. The summed E-state index contributed by atoms with van der Waals surface area (Å²) in [7, 11) is 0. The molecule has 152 valence electrons. The highest BCUT2D eigenvalue weighted by Gasteiger charge is 2.09. The number of aryl methyl sites for hydroxylation is 2. The van der Waals surface area contributed by atoms with Gasteiger partial charge in [-0.2, -0.15) is 5.10 Å². The minimum Gasteiger partial charge on any atom is -0.354 e. The van der Waals surface area contributed by atoms with Gasteiger partial charge in [0.25, 0.3) is 5.56 Å². The monoisotopic (exact) mass is 401 g/mol. The van der Waals surface area contributed by atoms with Crippen LogP contribution in [0.3, 0.4) is 0 Å². The molecule has 2 aromatic carbocycles. The van der Waals surface area contributed by atoms with Gasteiger partial charge in [-0.05, 0) is 25.1 Å². The van der Waals surface area contributed by atoms with Crippen LogP contribution in [0.4, 0.5) is 0 Å². The maximum atomic E-state index is 12.3. The Kier molecular flexibility index (Phi) is 5.70. The molecule has 4 rings (SSSR count). The summed E-state index contributed by atoms with van der Waals surface area (Å²) in [5.41, 5.74) is 3.43. The largest absolute Gasteiger partial charge is 0.354 e. The van der Waals surface area contributed by atoms with Gasteiger partial charge in [0, 0.05) is 31.1 Å². The lowest BCUT2D eigenvalue weighted by molar-refractivity contribution is -0.121. The number of benzene rings is 2. The molecule has 2 heterocycles. The van der Waals surface area contributed by atoms with Crippen molar-refractivity contribution in [3.8, 4) is 11.3 Å². The van der Waals surface area contributed by atoms with Crippen molar-refractivity contribution in [1.82, 2.24) is 24.6 Å². The van der Waals surface area contributed by atoms with Crippen LogP contribution in [0.5, 0.6) is 0 Å². The van der Waals surface area contributed by atoms with Gasteiger partial charge in [0.2, 0.25) is 5.91 Å². The average Bonchev–Trinajstić information content (AvgIpc) is 3.09. The molecular weight excluding hydrogens is 378 g/mol. The summed E-state index contributed by atoms with van der Waals surface area (Å²) in [6.07, 6.45) is 0.341. The molecule has 0 bridgehead atoms. The minimum atomic E-state index is -0.190. The topological polar surface area (TPSA) is 81.8 Å². The summed E-state index contributed by atoms with van der Waals surface area (Å²) in [6, 6.07) is 20.8. The Bertz CT molecular complexity index is 1230. The van der Waals surface area contributed by atoms with Gasteiger partial charge in [0.1, 0.15) is 5.82 Å². The lowest BCUT2D eigenvalue weighted by Gasteiger charge is -2.10. The molecule has 30 heavy (non-hydrogen) atoms. The minimum absolute atomic E-state index is 0.0700. The number of fused-ring (bicyclic) bond motifs is 1. The second-order valence-electron chi connectivity index (χ2n) is 7.05. The maximum Gasteiger partial charge on any atom is 0.266 e. The second kappa shape index (κ2) is 8.73. The van der Waals surface area contributed by atoms with Gasteiger partial charge in [0.05, 0.1) is 23.3 Å². The fourth-order valence-corrected chi connectivity index (χ4v) is 3.45. The van der Waals surface area contributed by atoms with E-state index in [1.54, 1.807) is 6.07 Å². The van der Waals surface area contributed by atoms with Crippen LogP contribution in [0, 0.1) is 6.92 Å². The molecule has 2 aromatic heterocycles. The molecule has 0 saturated carbocycles. The Hall–Kier alpha value is -3.74. The molecule has 1 amide bonds. The van der Waals surface area contributed by atoms with Crippen molar-refractivity contribution in [2.24, 2.45) is 0 Å². The Morgan fingerprint density at radius 3 is 2.57 bits per heavy atom. The highest BCUT2D eigenvalue weighted by Crippen LogP contribution is 2.16. The summed E-state index contributed by atoms with van der Waals surface area (Å²) in [5.74, 6) is 0.817. The molecule has 0 fully saturated rings. The van der Waals surface area contributed by atoms with Gasteiger partial charge in [0.15, 0.2) is 0 Å². The van der Waals surface area contributed by atoms with Crippen LogP contribution in [0.2, 0.25) is 0 Å². The first kappa shape index (κ1) is 19.6. The molecular formula is C23H23N5O2. The van der Waals surface area contributed by atoms with Crippen LogP contribution in [-0.4, -0.2) is 31.8 Å². The van der Waals surface area contributed by atoms with Gasteiger partial charge < -0.3 is 9.88 Å². The van der Waals surface area contributed by atoms with Crippen LogP contribution in [0.1, 0.15) is 12.2 Å². The van der Waals surface area contributed by atoms with Crippen molar-refractivity contribution >= 4 is 16.9 Å². The first-order valence-electron chi connectivity index (χ1n) is 9.94. The summed E-state index contributed by atoms with van der Waals surface area (Å²) in [4.78, 5) is 28.9. The number of amides is 1. The molecule has 7 heteroatoms. The van der Waals surface area contributed by atoms with Crippen LogP contribution >= 0.6 is 0 Å². The van der Waals surface area contributed by atoms with Gasteiger partial charge in [-0.25, -0.2) is 9.67 Å². The molecule has 0 atom stereocenters. The molecule has 0 aliphatic carbocycles. The standard InChI is InChI=1S/C23H23N5O2/c1-17-25-20-9-5-6-10-21(20)27(17)15-13-22(29)24-14-16-28-23(30)12-11-19(26-28)18-7-3-2-4-8-18/h2-12H,13-16H2,1H3,(H,24,29). The first-order valence-corrected chi connectivity index (χ1v) is 9.94. The number of carbonyl (C=O) groups excluding carboxylic acids is 1. The van der Waals surface area contributed by atoms with E-state index in [0.29, 0.717) is 26.1 Å². The Labute approximate surface area is 174 Å². The smallest absolute Gasteiger partial charge is 0.266 e. The number of para-hydroxylation sites is 2. The van der Waals surface area contributed by atoms with Crippen molar-refractivity contribution in [3.05, 3.63) is 82.9 Å². The van der Waals surface area contributed by atoms with E-state index in [2.05, 4.69) is 15.4 Å². The predicted molar refractivity (Wildman–Crippen MR) is 116 cm³/mol. The SMILES string of the molecule is Cc1nc2ccccc2n1CCC(=O)NCCn1nc(-c2ccccc2)ccc1=O. The number of nitrogens with zero attached hydrogens (tertiary/aromatic N) is 4. The number of aromatic nitrogens is 4. The van der Waals surface area contributed by atoms with Crippen molar-refractivity contribution in [3.63, 3.8) is 0 Å². The van der Waals surface area contributed by atoms with E-state index in [1.165, 1.54) is 10.7 Å². The molecule has 0 unspecified atom stereocenters. The normalized spacial score (nSPS) is 11.0. The third kappa shape index (κ3) is 4.30. The lowest BCUT2D eigenvalue weighted by atomic mass is 10.1. The van der Waals surface area contributed by atoms with Crippen LogP contribution in [0.15, 0.2) is 71.5 Å². The molecule has 0 radical (unpaired) electrons. The van der Waals surface area contributed by atoms with Gasteiger partial charge in [-0.1, -0.05) is 42.5 Å². The van der Waals surface area contributed by atoms with E-state index < -0.39 is 0 Å². The zero-order valence-electron chi connectivity index (χ0n) is 16.8. The average molecular weight is 401 g/mol. The third-order valence-electron chi connectivity index (χ3n) is 4.99. The fraction of sp³-hybridized carbons (Fsp3) is 0.217. The molecule has 1 N–H and O–H groups in total. The number of hydrogen-bond acceptors (Lipinski definition) is 4. The van der Waals surface area contributed by atoms with Gasteiger partial charge in [-0.3, -0.25) is 9.59 Å². The Morgan fingerprint density at radius 2 is 1.73 bits per heavy atom. The Balaban J connectivity index is 1.34. The quantitative estimate of drug-likeness (QED) is 0.516. The third-order valence-corrected chi connectivity index (χ3v) is 4.99. The summed E-state index contributed by atoms with van der Waals surface area (Å²) >= 11 is 0. The van der Waals surface area contributed by atoms with Crippen LogP contribution in [0.25, 0.3) is 22.3 Å². The molecule has 7 nitrogen and oxygen atoms in total. The van der Waals surface area contributed by atoms with E-state index >= 15 is 0 Å². The second-order valence-corrected chi connectivity index (χ2v) is 7.05. The summed E-state index contributed by atoms with van der Waals surface area (Å²) in [5, 5.41) is 7.29. The van der Waals surface area contributed by atoms with E-state index in [9.17, 15) is 9.59 Å². The highest BCUT2D eigenvalue weighted by molar-refractivity contribution is 5.78.